The smallest absolute Gasteiger partial charge is 0.222 e. The Labute approximate surface area is 173 Å². The average molecular weight is 396 g/mol. The molecule has 0 aliphatic heterocycles. The quantitative estimate of drug-likeness (QED) is 0.764. The molecule has 4 atom stereocenters. The van der Waals surface area contributed by atoms with Crippen molar-refractivity contribution in [2.24, 2.45) is 17.8 Å². The summed E-state index contributed by atoms with van der Waals surface area (Å²) >= 11 is 0. The highest BCUT2D eigenvalue weighted by Crippen LogP contribution is 2.52. The molecule has 4 heteroatoms. The number of carbonyl (C=O) groups excluding carboxylic acids is 1. The van der Waals surface area contributed by atoms with E-state index >= 15 is 0 Å². The SMILES string of the molecule is CN(C)C(=O)CCc1cc2c(cc1O)[C@@H]1CCCC[C@@H]1[C@H](C1C=CC(O)=CC1)C2. The summed E-state index contributed by atoms with van der Waals surface area (Å²) in [7, 11) is 3.54. The summed E-state index contributed by atoms with van der Waals surface area (Å²) in [5.74, 6) is 3.05. The fourth-order valence-electron chi connectivity index (χ4n) is 5.76. The predicted molar refractivity (Wildman–Crippen MR) is 115 cm³/mol. The molecule has 1 aromatic carbocycles. The Morgan fingerprint density at radius 2 is 1.93 bits per heavy atom. The Bertz CT molecular complexity index is 839. The number of fused-ring (bicyclic) bond motifs is 3. The van der Waals surface area contributed by atoms with E-state index in [2.05, 4.69) is 12.1 Å². The first kappa shape index (κ1) is 20.1. The van der Waals surface area contributed by atoms with Crippen LogP contribution in [0.5, 0.6) is 5.75 Å². The summed E-state index contributed by atoms with van der Waals surface area (Å²) in [5, 5.41) is 20.4. The molecule has 1 saturated carbocycles. The molecule has 0 heterocycles. The van der Waals surface area contributed by atoms with Crippen LogP contribution in [-0.2, 0) is 17.6 Å². The maximum atomic E-state index is 12.0. The number of phenols is 1. The molecule has 4 nitrogen and oxygen atoms in total. The van der Waals surface area contributed by atoms with Gasteiger partial charge in [0, 0.05) is 20.5 Å². The Morgan fingerprint density at radius 1 is 1.14 bits per heavy atom. The standard InChI is InChI=1S/C25H33NO3/c1-26(2)25(29)12-9-17-13-18-14-22(16-7-10-19(27)11-8-16)20-5-3-4-6-21(20)23(18)15-24(17)28/h7,10-11,13,15-16,20-22,27-28H,3-6,8-9,12,14H2,1-2H3/t16?,20-,21+,22-/m0/s1. The lowest BCUT2D eigenvalue weighted by Crippen LogP contribution is -2.36. The zero-order valence-electron chi connectivity index (χ0n) is 17.6. The summed E-state index contributed by atoms with van der Waals surface area (Å²) in [6.45, 7) is 0. The Kier molecular flexibility index (Phi) is 5.71. The number of aryl methyl sites for hydroxylation is 1. The van der Waals surface area contributed by atoms with Crippen molar-refractivity contribution in [2.75, 3.05) is 14.1 Å². The second kappa shape index (κ2) is 8.25. The molecule has 4 rings (SSSR count). The first-order valence-corrected chi connectivity index (χ1v) is 11.1. The normalized spacial score (nSPS) is 28.3. The highest BCUT2D eigenvalue weighted by molar-refractivity contribution is 5.75. The molecule has 3 aliphatic carbocycles. The van der Waals surface area contributed by atoms with Gasteiger partial charge < -0.3 is 15.1 Å². The van der Waals surface area contributed by atoms with Crippen molar-refractivity contribution in [3.8, 4) is 5.75 Å². The number of hydrogen-bond donors (Lipinski definition) is 2. The molecule has 29 heavy (non-hydrogen) atoms. The van der Waals surface area contributed by atoms with E-state index in [-0.39, 0.29) is 5.91 Å². The van der Waals surface area contributed by atoms with Crippen LogP contribution >= 0.6 is 0 Å². The van der Waals surface area contributed by atoms with E-state index in [0.29, 0.717) is 48.0 Å². The van der Waals surface area contributed by atoms with Crippen LogP contribution in [0.2, 0.25) is 0 Å². The van der Waals surface area contributed by atoms with Gasteiger partial charge in [0.25, 0.3) is 0 Å². The average Bonchev–Trinajstić information content (AvgIpc) is 2.72. The number of aromatic hydroxyl groups is 1. The van der Waals surface area contributed by atoms with E-state index in [1.165, 1.54) is 36.8 Å². The van der Waals surface area contributed by atoms with Crippen molar-refractivity contribution in [2.45, 2.75) is 57.3 Å². The number of amides is 1. The van der Waals surface area contributed by atoms with Crippen molar-refractivity contribution < 1.29 is 15.0 Å². The maximum Gasteiger partial charge on any atom is 0.222 e. The van der Waals surface area contributed by atoms with Crippen molar-refractivity contribution >= 4 is 5.91 Å². The van der Waals surface area contributed by atoms with Crippen LogP contribution in [0.4, 0.5) is 0 Å². The lowest BCUT2D eigenvalue weighted by atomic mass is 9.59. The van der Waals surface area contributed by atoms with Gasteiger partial charge in [-0.25, -0.2) is 0 Å². The minimum atomic E-state index is 0.0891. The van der Waals surface area contributed by atoms with E-state index in [4.69, 9.17) is 0 Å². The maximum absolute atomic E-state index is 12.0. The number of carbonyl (C=O) groups is 1. The number of allylic oxidation sites excluding steroid dienone is 3. The first-order chi connectivity index (χ1) is 13.9. The molecular weight excluding hydrogens is 362 g/mol. The summed E-state index contributed by atoms with van der Waals surface area (Å²) < 4.78 is 0. The van der Waals surface area contributed by atoms with Gasteiger partial charge in [-0.15, -0.1) is 0 Å². The topological polar surface area (TPSA) is 60.8 Å². The second-order valence-electron chi connectivity index (χ2n) is 9.28. The molecule has 156 valence electrons. The third-order valence-corrected chi connectivity index (χ3v) is 7.34. The number of phenolic OH excluding ortho intramolecular Hbond substituents is 1. The van der Waals surface area contributed by atoms with E-state index in [9.17, 15) is 15.0 Å². The third-order valence-electron chi connectivity index (χ3n) is 7.34. The van der Waals surface area contributed by atoms with E-state index in [1.807, 2.05) is 18.2 Å². The van der Waals surface area contributed by atoms with Gasteiger partial charge in [0.15, 0.2) is 0 Å². The van der Waals surface area contributed by atoms with Crippen LogP contribution in [0.3, 0.4) is 0 Å². The number of nitrogens with zero attached hydrogens (tertiary/aromatic N) is 1. The second-order valence-corrected chi connectivity index (χ2v) is 9.28. The summed E-state index contributed by atoms with van der Waals surface area (Å²) in [6, 6.07) is 4.18. The predicted octanol–water partition coefficient (Wildman–Crippen LogP) is 4.88. The first-order valence-electron chi connectivity index (χ1n) is 11.1. The molecule has 0 radical (unpaired) electrons. The zero-order valence-corrected chi connectivity index (χ0v) is 17.6. The molecule has 0 bridgehead atoms. The Hall–Kier alpha value is -2.23. The van der Waals surface area contributed by atoms with Gasteiger partial charge in [0.1, 0.15) is 11.5 Å². The molecule has 1 amide bonds. The zero-order chi connectivity index (χ0) is 20.5. The highest BCUT2D eigenvalue weighted by Gasteiger charge is 2.41. The van der Waals surface area contributed by atoms with Gasteiger partial charge in [-0.05, 0) is 90.7 Å². The third kappa shape index (κ3) is 4.08. The summed E-state index contributed by atoms with van der Waals surface area (Å²) in [5.41, 5.74) is 3.59. The van der Waals surface area contributed by atoms with Crippen LogP contribution in [0.15, 0.2) is 36.1 Å². The van der Waals surface area contributed by atoms with Crippen LogP contribution in [-0.4, -0.2) is 35.1 Å². The molecule has 1 unspecified atom stereocenters. The Balaban J connectivity index is 1.62. The van der Waals surface area contributed by atoms with E-state index in [0.717, 1.165) is 18.4 Å². The lowest BCUT2D eigenvalue weighted by molar-refractivity contribution is -0.128. The lowest BCUT2D eigenvalue weighted by Gasteiger charge is -2.45. The van der Waals surface area contributed by atoms with E-state index in [1.54, 1.807) is 19.0 Å². The monoisotopic (exact) mass is 395 g/mol. The molecule has 0 aromatic heterocycles. The number of benzene rings is 1. The van der Waals surface area contributed by atoms with Gasteiger partial charge in [0.2, 0.25) is 5.91 Å². The van der Waals surface area contributed by atoms with Crippen molar-refractivity contribution in [3.63, 3.8) is 0 Å². The molecule has 3 aliphatic rings. The Morgan fingerprint density at radius 3 is 2.66 bits per heavy atom. The van der Waals surface area contributed by atoms with Crippen molar-refractivity contribution in [3.05, 3.63) is 52.8 Å². The molecule has 2 N–H and O–H groups in total. The fraction of sp³-hybridized carbons (Fsp3) is 0.560. The summed E-state index contributed by atoms with van der Waals surface area (Å²) in [6.07, 6.45) is 14.0. The molecule has 1 aromatic rings. The highest BCUT2D eigenvalue weighted by atomic mass is 16.3. The minimum absolute atomic E-state index is 0.0891. The number of aliphatic hydroxyl groups is 1. The van der Waals surface area contributed by atoms with Crippen LogP contribution in [0.1, 0.15) is 61.1 Å². The number of rotatable bonds is 4. The van der Waals surface area contributed by atoms with Crippen molar-refractivity contribution in [1.82, 2.24) is 4.90 Å². The number of hydrogen-bond acceptors (Lipinski definition) is 3. The van der Waals surface area contributed by atoms with Crippen LogP contribution in [0, 0.1) is 17.8 Å². The fourth-order valence-corrected chi connectivity index (χ4v) is 5.76. The molecular formula is C25H33NO3. The van der Waals surface area contributed by atoms with Gasteiger partial charge in [-0.1, -0.05) is 25.0 Å². The number of aliphatic hydroxyl groups excluding tert-OH is 1. The van der Waals surface area contributed by atoms with Gasteiger partial charge >= 0.3 is 0 Å². The molecule has 0 spiro atoms. The van der Waals surface area contributed by atoms with Gasteiger partial charge in [-0.3, -0.25) is 4.79 Å². The minimum Gasteiger partial charge on any atom is -0.508 e. The van der Waals surface area contributed by atoms with Crippen molar-refractivity contribution in [1.29, 1.82) is 0 Å². The van der Waals surface area contributed by atoms with E-state index < -0.39 is 0 Å². The summed E-state index contributed by atoms with van der Waals surface area (Å²) in [4.78, 5) is 13.6. The van der Waals surface area contributed by atoms with Crippen LogP contribution in [0.25, 0.3) is 0 Å². The molecule has 1 fully saturated rings. The van der Waals surface area contributed by atoms with Crippen LogP contribution < -0.4 is 0 Å². The largest absolute Gasteiger partial charge is 0.508 e. The molecule has 0 saturated heterocycles. The van der Waals surface area contributed by atoms with Gasteiger partial charge in [-0.2, -0.15) is 0 Å². The van der Waals surface area contributed by atoms with Gasteiger partial charge in [0.05, 0.1) is 0 Å².